The summed E-state index contributed by atoms with van der Waals surface area (Å²) in [6.45, 7) is 5.71. The van der Waals surface area contributed by atoms with Gasteiger partial charge in [0.05, 0.1) is 91.5 Å². The van der Waals surface area contributed by atoms with E-state index in [4.69, 9.17) is 75.9 Å². The number of aliphatic hydroxyl groups is 1. The molecule has 3 atom stereocenters. The summed E-state index contributed by atoms with van der Waals surface area (Å²) < 4.78 is 63.0. The lowest BCUT2D eigenvalue weighted by Crippen LogP contribution is -2.41. The van der Waals surface area contributed by atoms with Crippen LogP contribution >= 0.6 is 46.4 Å². The first-order chi connectivity index (χ1) is 49.1. The largest absolute Gasteiger partial charge is 0.394 e. The summed E-state index contributed by atoms with van der Waals surface area (Å²) >= 11 is 24.9. The molecule has 6 aliphatic heterocycles. The first-order valence-corrected chi connectivity index (χ1v) is 35.1. The number of aliphatic hydroxyl groups excluding tert-OH is 1. The molecule has 1 saturated carbocycles. The Morgan fingerprint density at radius 3 is 1.35 bits per heavy atom. The van der Waals surface area contributed by atoms with E-state index in [1.165, 1.54) is 55.7 Å². The number of carbonyl (C=O) groups is 3. The number of hydrogen-bond acceptors (Lipinski definition) is 12. The number of aromatic nitrogens is 6. The van der Waals surface area contributed by atoms with Crippen molar-refractivity contribution >= 4 is 99.1 Å². The SMILES string of the molecule is O=C(NN1CC2CCCC2C1)c1nn(-c2ccc(Cl)cc2Cl)c2c1COC/C2=C\c1ccc(F)cc1.O=C(NN1CCCC1)c1nn(-c2ccc(Cl)cc2)c2c1COC/C2=C\c1ccc(F)cc1.O=C(c1nn(-c2ccc(Cl)cc2)c2c1COC/C2=C\c1ccc(F)cc1)N1CCC[C@@H]1CO. The number of ether oxygens (including phenoxy) is 3. The summed E-state index contributed by atoms with van der Waals surface area (Å²) in [6.07, 6.45) is 13.2. The van der Waals surface area contributed by atoms with Gasteiger partial charge in [0.2, 0.25) is 0 Å². The number of benzene rings is 6. The van der Waals surface area contributed by atoms with Gasteiger partial charge in [0.25, 0.3) is 17.7 Å². The van der Waals surface area contributed by atoms with Crippen LogP contribution in [0.5, 0.6) is 0 Å². The summed E-state index contributed by atoms with van der Waals surface area (Å²) in [4.78, 5) is 41.8. The highest BCUT2D eigenvalue weighted by Crippen LogP contribution is 2.40. The van der Waals surface area contributed by atoms with Gasteiger partial charge in [0.15, 0.2) is 17.1 Å². The zero-order valence-electron chi connectivity index (χ0n) is 54.7. The van der Waals surface area contributed by atoms with E-state index >= 15 is 0 Å². The minimum absolute atomic E-state index is 0.0714. The maximum Gasteiger partial charge on any atom is 0.286 e. The summed E-state index contributed by atoms with van der Waals surface area (Å²) in [5, 5.41) is 30.0. The van der Waals surface area contributed by atoms with Crippen molar-refractivity contribution in [2.24, 2.45) is 11.8 Å². The maximum absolute atomic E-state index is 13.5. The van der Waals surface area contributed by atoms with Gasteiger partial charge >= 0.3 is 0 Å². The molecule has 2 unspecified atom stereocenters. The molecular weight excluding hydrogens is 1380 g/mol. The Bertz CT molecular complexity index is 4640. The number of nitrogens with one attached hydrogen (secondary N) is 2. The van der Waals surface area contributed by atoms with E-state index in [-0.39, 0.29) is 67.6 Å². The van der Waals surface area contributed by atoms with E-state index in [2.05, 4.69) is 10.9 Å². The van der Waals surface area contributed by atoms with Crippen LogP contribution in [0, 0.1) is 29.3 Å². The third-order valence-electron chi connectivity index (χ3n) is 19.1. The number of nitrogens with zero attached hydrogens (tertiary/aromatic N) is 9. The highest BCUT2D eigenvalue weighted by atomic mass is 35.5. The topological polar surface area (TPSA) is 186 Å². The fraction of sp³-hybridized carbons (Fsp3) is 0.289. The molecule has 4 fully saturated rings. The van der Waals surface area contributed by atoms with Crippen molar-refractivity contribution in [3.05, 3.63) is 245 Å². The van der Waals surface area contributed by atoms with Gasteiger partial charge in [0, 0.05) is 81.2 Å². The zero-order chi connectivity index (χ0) is 69.8. The van der Waals surface area contributed by atoms with Crippen LogP contribution in [0.4, 0.5) is 13.2 Å². The second-order valence-corrected chi connectivity index (χ2v) is 27.6. The quantitative estimate of drug-likeness (QED) is 0.105. The fourth-order valence-electron chi connectivity index (χ4n) is 14.2. The Balaban J connectivity index is 0.000000129. The van der Waals surface area contributed by atoms with Crippen LogP contribution in [0.15, 0.2) is 140 Å². The number of halogens is 7. The van der Waals surface area contributed by atoms with Gasteiger partial charge in [0.1, 0.15) is 17.5 Å². The van der Waals surface area contributed by atoms with Gasteiger partial charge in [-0.2, -0.15) is 15.3 Å². The van der Waals surface area contributed by atoms with Crippen molar-refractivity contribution in [3.63, 3.8) is 0 Å². The van der Waals surface area contributed by atoms with Crippen molar-refractivity contribution in [1.82, 2.24) is 55.1 Å². The van der Waals surface area contributed by atoms with Crippen LogP contribution < -0.4 is 10.9 Å². The first-order valence-electron chi connectivity index (χ1n) is 33.6. The van der Waals surface area contributed by atoms with Crippen LogP contribution in [0.1, 0.15) is 127 Å². The van der Waals surface area contributed by atoms with Gasteiger partial charge in [-0.15, -0.1) is 0 Å². The van der Waals surface area contributed by atoms with E-state index in [0.29, 0.717) is 92.2 Å². The molecule has 25 heteroatoms. The number of hydrazine groups is 2. The summed E-state index contributed by atoms with van der Waals surface area (Å²) in [5.74, 6) is -0.316. The van der Waals surface area contributed by atoms with Gasteiger partial charge in [-0.3, -0.25) is 25.2 Å². The van der Waals surface area contributed by atoms with E-state index in [1.54, 1.807) is 97.8 Å². The van der Waals surface area contributed by atoms with Crippen molar-refractivity contribution in [2.75, 3.05) is 59.2 Å². The van der Waals surface area contributed by atoms with Crippen LogP contribution in [0.2, 0.25) is 20.1 Å². The van der Waals surface area contributed by atoms with Crippen LogP contribution in [-0.2, 0) is 34.0 Å². The molecule has 1 aliphatic carbocycles. The molecular formula is C76H70Cl4F3N11O7. The molecule has 18 nitrogen and oxygen atoms in total. The maximum atomic E-state index is 13.5. The summed E-state index contributed by atoms with van der Waals surface area (Å²) in [5.41, 5.74) is 18.7. The number of rotatable bonds is 12. The molecule has 7 aliphatic rings. The average molecular weight is 1450 g/mol. The lowest BCUT2D eigenvalue weighted by molar-refractivity contribution is 0.0664. The first kappa shape index (κ1) is 69.4. The zero-order valence-corrected chi connectivity index (χ0v) is 57.8. The van der Waals surface area contributed by atoms with Gasteiger partial charge < -0.3 is 24.2 Å². The molecule has 0 spiro atoms. The molecule has 0 bridgehead atoms. The third-order valence-corrected chi connectivity index (χ3v) is 20.2. The predicted octanol–water partition coefficient (Wildman–Crippen LogP) is 14.6. The summed E-state index contributed by atoms with van der Waals surface area (Å²) in [7, 11) is 0. The third kappa shape index (κ3) is 15.4. The van der Waals surface area contributed by atoms with E-state index in [1.807, 2.05) is 52.5 Å². The Labute approximate surface area is 601 Å². The Morgan fingerprint density at radius 2 is 0.891 bits per heavy atom. The smallest absolute Gasteiger partial charge is 0.286 e. The Kier molecular flexibility index (Phi) is 21.2. The van der Waals surface area contributed by atoms with Gasteiger partial charge in [-0.05, 0) is 188 Å². The second-order valence-electron chi connectivity index (χ2n) is 25.9. The Morgan fingerprint density at radius 1 is 0.475 bits per heavy atom. The monoisotopic (exact) mass is 1450 g/mol. The molecule has 3 amide bonds. The minimum atomic E-state index is -0.305. The lowest BCUT2D eigenvalue weighted by atomic mass is 10.0. The average Bonchev–Trinajstić information content (AvgIpc) is 1.63. The molecule has 0 radical (unpaired) electrons. The molecule has 6 aromatic carbocycles. The minimum Gasteiger partial charge on any atom is -0.394 e. The molecule has 3 N–H and O–H groups in total. The van der Waals surface area contributed by atoms with Crippen LogP contribution in [0.3, 0.4) is 0 Å². The van der Waals surface area contributed by atoms with Crippen molar-refractivity contribution < 1.29 is 46.9 Å². The lowest BCUT2D eigenvalue weighted by Gasteiger charge is -2.23. The fourth-order valence-corrected chi connectivity index (χ4v) is 15.0. The molecule has 101 heavy (non-hydrogen) atoms. The molecule has 3 saturated heterocycles. The summed E-state index contributed by atoms with van der Waals surface area (Å²) in [6, 6.07) is 38.2. The van der Waals surface area contributed by atoms with Crippen molar-refractivity contribution in [1.29, 1.82) is 0 Å². The molecule has 520 valence electrons. The van der Waals surface area contributed by atoms with E-state index < -0.39 is 0 Å². The number of hydrogen-bond donors (Lipinski definition) is 3. The molecule has 3 aromatic heterocycles. The number of fused-ring (bicyclic) bond motifs is 4. The van der Waals surface area contributed by atoms with Crippen LogP contribution in [0.25, 0.3) is 52.0 Å². The van der Waals surface area contributed by atoms with Crippen molar-refractivity contribution in [3.8, 4) is 17.1 Å². The van der Waals surface area contributed by atoms with E-state index in [0.717, 1.165) is 119 Å². The molecule has 16 rings (SSSR count). The van der Waals surface area contributed by atoms with Crippen LogP contribution in [-0.4, -0.2) is 132 Å². The second kappa shape index (κ2) is 30.9. The molecule has 9 aromatic rings. The number of amides is 3. The molecule has 9 heterocycles. The predicted molar refractivity (Wildman–Crippen MR) is 382 cm³/mol. The standard InChI is InChI=1S/C27H25Cl2FN4O2.C25H23ClFN3O3.C24H22ClFN4O2/c28-20-6-9-24(23(29)11-20)34-26-19(10-16-4-7-21(30)8-5-16)14-36-15-22(26)25(31-34)27(35)32-33-12-17-2-1-3-18(17)13-33;26-18-5-9-20(10-6-18)30-24-17(12-16-3-7-19(27)8-4-16)14-33-15-22(24)23(28-30)25(32)29-11-1-2-21(29)13-31;25-18-5-9-20(10-6-18)30-23-17(13-16-3-7-19(26)8-4-16)14-32-15-21(23)22(27-30)24(31)28-29-11-1-2-12-29/h4-11,17-18H,1-3,12-15H2,(H,32,35);3-10,12,21,31H,1-2,11,13-15H2;3-10,13H,1-2,11-12,14-15H2,(H,28,31)/b19-10+;17-12+;17-13+/t;21-;/m.1./s1. The van der Waals surface area contributed by atoms with E-state index in [9.17, 15) is 32.7 Å². The Hall–Kier alpha value is -8.71. The highest BCUT2D eigenvalue weighted by molar-refractivity contribution is 6.35. The van der Waals surface area contributed by atoms with Gasteiger partial charge in [-0.25, -0.2) is 37.2 Å². The highest BCUT2D eigenvalue weighted by Gasteiger charge is 2.40. The normalized spacial score (nSPS) is 19.9. The number of likely N-dealkylation sites (tertiary alicyclic amines) is 1. The number of carbonyl (C=O) groups excluding carboxylic acids is 3. The van der Waals surface area contributed by atoms with Gasteiger partial charge in [-0.1, -0.05) is 89.2 Å². The van der Waals surface area contributed by atoms with Crippen molar-refractivity contribution in [2.45, 2.75) is 70.8 Å².